The third kappa shape index (κ3) is 3.77. The van der Waals surface area contributed by atoms with Crippen molar-refractivity contribution in [3.63, 3.8) is 0 Å². The van der Waals surface area contributed by atoms with Crippen molar-refractivity contribution in [2.75, 3.05) is 50.9 Å². The summed E-state index contributed by atoms with van der Waals surface area (Å²) in [7, 11) is 0. The number of piperidine rings is 1. The van der Waals surface area contributed by atoms with Crippen LogP contribution in [0.5, 0.6) is 6.01 Å². The first-order valence-electron chi connectivity index (χ1n) is 17.4. The molecule has 8 heterocycles. The lowest BCUT2D eigenvalue weighted by atomic mass is 9.70. The summed E-state index contributed by atoms with van der Waals surface area (Å²) in [5.74, 6) is 0.885. The molecule has 250 valence electrons. The predicted molar refractivity (Wildman–Crippen MR) is 173 cm³/mol. The molecule has 1 aromatic carbocycles. The van der Waals surface area contributed by atoms with Gasteiger partial charge in [0, 0.05) is 54.1 Å². The monoisotopic (exact) mass is 675 g/mol. The number of rotatable bonds is 3. The van der Waals surface area contributed by atoms with E-state index in [1.54, 1.807) is 12.4 Å². The largest absolute Gasteiger partial charge is 0.461 e. The van der Waals surface area contributed by atoms with Crippen LogP contribution in [0.4, 0.5) is 14.6 Å². The first-order valence-corrected chi connectivity index (χ1v) is 17.7. The van der Waals surface area contributed by atoms with Crippen LogP contribution in [0.1, 0.15) is 50.0 Å². The van der Waals surface area contributed by atoms with Crippen molar-refractivity contribution in [1.82, 2.24) is 30.0 Å². The normalized spacial score (nSPS) is 37.8. The Morgan fingerprint density at radius 3 is 3.04 bits per heavy atom. The number of ether oxygens (including phenoxy) is 2. The summed E-state index contributed by atoms with van der Waals surface area (Å²) in [5.41, 5.74) is 1.19. The van der Waals surface area contributed by atoms with Gasteiger partial charge >= 0.3 is 6.01 Å². The van der Waals surface area contributed by atoms with Crippen LogP contribution >= 0.6 is 11.6 Å². The summed E-state index contributed by atoms with van der Waals surface area (Å²) < 4.78 is 44.4. The summed E-state index contributed by atoms with van der Waals surface area (Å²) in [5, 5.41) is 20.7. The standard InChI is InChI=1S/C35H36ClF2N7O3/c36-23-7-24-20(10-40-43-24)26-25(23)19-6-17(19)12-47-16-35(46)13-34-14-44(5-2-22(34)30(34)35)31-21-9-39-29(26)27(38)28(21)41-32(42-31)48-15-33-3-1-4-45(33)11-18(37)8-33/h7,9-10,17-19,22,30,46H,1-6,8,11-16H2,(H,40,43)/t17-,18+,19-,22?,30-,33-,34-,35-/m0/s1. The number of aromatic amines is 1. The van der Waals surface area contributed by atoms with Crippen LogP contribution in [0, 0.1) is 29.0 Å². The molecule has 2 N–H and O–H groups in total. The van der Waals surface area contributed by atoms with Crippen molar-refractivity contribution in [1.29, 1.82) is 0 Å². The molecule has 12 rings (SSSR count). The van der Waals surface area contributed by atoms with Crippen molar-refractivity contribution in [3.8, 4) is 17.3 Å². The molecule has 48 heavy (non-hydrogen) atoms. The average Bonchev–Trinajstić information content (AvgIpc) is 3.69. The number of anilines is 1. The molecule has 0 radical (unpaired) electrons. The molecule has 3 saturated heterocycles. The second kappa shape index (κ2) is 9.53. The third-order valence-corrected chi connectivity index (χ3v) is 13.5. The Bertz CT molecular complexity index is 2050. The summed E-state index contributed by atoms with van der Waals surface area (Å²) in [6.07, 6.45) is 7.18. The van der Waals surface area contributed by atoms with Gasteiger partial charge in [-0.1, -0.05) is 11.6 Å². The number of fused-ring (bicyclic) bond motifs is 5. The Labute approximate surface area is 280 Å². The Hall–Kier alpha value is -3.19. The molecule has 1 unspecified atom stereocenters. The van der Waals surface area contributed by atoms with Gasteiger partial charge in [0.1, 0.15) is 29.8 Å². The summed E-state index contributed by atoms with van der Waals surface area (Å²) in [6.45, 7) is 3.76. The molecule has 8 atom stereocenters. The van der Waals surface area contributed by atoms with Crippen molar-refractivity contribution >= 4 is 39.2 Å². The van der Waals surface area contributed by atoms with E-state index in [2.05, 4.69) is 20.0 Å². The van der Waals surface area contributed by atoms with E-state index in [9.17, 15) is 9.50 Å². The maximum atomic E-state index is 17.2. The molecule has 1 spiro atoms. The lowest BCUT2D eigenvalue weighted by molar-refractivity contribution is -0.129. The van der Waals surface area contributed by atoms with Gasteiger partial charge in [-0.3, -0.25) is 15.0 Å². The number of hydrogen-bond acceptors (Lipinski definition) is 9. The molecule has 0 amide bonds. The Balaban J connectivity index is 1.09. The van der Waals surface area contributed by atoms with E-state index in [0.29, 0.717) is 78.9 Å². The lowest BCUT2D eigenvalue weighted by Crippen LogP contribution is -2.53. The number of aliphatic hydroxyl groups is 1. The highest BCUT2D eigenvalue weighted by Crippen LogP contribution is 2.79. The Morgan fingerprint density at radius 2 is 2.12 bits per heavy atom. The van der Waals surface area contributed by atoms with Gasteiger partial charge < -0.3 is 19.5 Å². The first kappa shape index (κ1) is 28.6. The maximum absolute atomic E-state index is 17.2. The smallest absolute Gasteiger partial charge is 0.319 e. The zero-order chi connectivity index (χ0) is 32.2. The lowest BCUT2D eigenvalue weighted by Gasteiger charge is -2.45. The van der Waals surface area contributed by atoms with Crippen LogP contribution in [-0.2, 0) is 4.74 Å². The van der Waals surface area contributed by atoms with Crippen molar-refractivity contribution in [3.05, 3.63) is 34.9 Å². The quantitative estimate of drug-likeness (QED) is 0.309. The number of H-pyrrole nitrogens is 1. The van der Waals surface area contributed by atoms with Crippen LogP contribution in [0.15, 0.2) is 18.5 Å². The minimum atomic E-state index is -0.889. The van der Waals surface area contributed by atoms with Crippen LogP contribution in [-0.4, -0.2) is 98.5 Å². The number of halogens is 3. The molecule has 3 aromatic heterocycles. The van der Waals surface area contributed by atoms with Gasteiger partial charge in [0.25, 0.3) is 0 Å². The van der Waals surface area contributed by atoms with Gasteiger partial charge in [-0.25, -0.2) is 8.78 Å². The summed E-state index contributed by atoms with van der Waals surface area (Å²) in [4.78, 5) is 18.8. The van der Waals surface area contributed by atoms with Crippen LogP contribution in [0.3, 0.4) is 0 Å². The Morgan fingerprint density at radius 1 is 1.21 bits per heavy atom. The van der Waals surface area contributed by atoms with Crippen molar-refractivity contribution < 1.29 is 23.4 Å². The number of nitrogens with zero attached hydrogens (tertiary/aromatic N) is 6. The molecule has 5 aliphatic heterocycles. The third-order valence-electron chi connectivity index (χ3n) is 13.2. The second-order valence-corrected chi connectivity index (χ2v) is 16.2. The number of nitrogens with one attached hydrogen (secondary N) is 1. The van der Waals surface area contributed by atoms with E-state index in [1.807, 2.05) is 6.07 Å². The van der Waals surface area contributed by atoms with Crippen LogP contribution < -0.4 is 9.64 Å². The zero-order valence-corrected chi connectivity index (χ0v) is 27.1. The molecule has 6 fully saturated rings. The highest BCUT2D eigenvalue weighted by molar-refractivity contribution is 6.33. The topological polar surface area (TPSA) is 113 Å². The molecule has 7 bridgehead atoms. The SMILES string of the molecule is O[C@@]12COC[C@@H]3C[C@@H]3c3c(Cl)cc4[nH]ncc4c3-c3ncc4c(nc(OC[C@@]56CCCN5C[C@H](F)C6)nc4c3F)N3CCC4[C@H]1[C@]4(C3)C2. The van der Waals surface area contributed by atoms with Gasteiger partial charge in [0.2, 0.25) is 0 Å². The first-order chi connectivity index (χ1) is 23.3. The van der Waals surface area contributed by atoms with Crippen molar-refractivity contribution in [2.45, 2.75) is 61.8 Å². The molecular formula is C35H36ClF2N7O3. The summed E-state index contributed by atoms with van der Waals surface area (Å²) >= 11 is 6.96. The summed E-state index contributed by atoms with van der Waals surface area (Å²) in [6, 6.07) is 1.93. The molecule has 8 aliphatic rings. The van der Waals surface area contributed by atoms with Gasteiger partial charge in [0.05, 0.1) is 41.5 Å². The highest BCUT2D eigenvalue weighted by atomic mass is 35.5. The molecule has 10 nitrogen and oxygen atoms in total. The van der Waals surface area contributed by atoms with E-state index < -0.39 is 23.1 Å². The van der Waals surface area contributed by atoms with Gasteiger partial charge in [-0.15, -0.1) is 0 Å². The minimum absolute atomic E-state index is 0.00338. The van der Waals surface area contributed by atoms with Crippen molar-refractivity contribution in [2.24, 2.45) is 23.2 Å². The Kier molecular flexibility index (Phi) is 5.68. The molecule has 3 aliphatic carbocycles. The average molecular weight is 676 g/mol. The fourth-order valence-electron chi connectivity index (χ4n) is 11.1. The number of alkyl halides is 1. The maximum Gasteiger partial charge on any atom is 0.319 e. The van der Waals surface area contributed by atoms with E-state index in [4.69, 9.17) is 36.0 Å². The second-order valence-electron chi connectivity index (χ2n) is 15.8. The minimum Gasteiger partial charge on any atom is -0.461 e. The van der Waals surface area contributed by atoms with E-state index >= 15 is 4.39 Å². The number of pyridine rings is 1. The molecule has 3 saturated carbocycles. The molecule has 4 aromatic rings. The highest BCUT2D eigenvalue weighted by Gasteiger charge is 2.82. The van der Waals surface area contributed by atoms with E-state index in [-0.39, 0.29) is 47.0 Å². The molecular weight excluding hydrogens is 640 g/mol. The fourth-order valence-corrected chi connectivity index (χ4v) is 11.4. The van der Waals surface area contributed by atoms with E-state index in [1.165, 1.54) is 0 Å². The van der Waals surface area contributed by atoms with Gasteiger partial charge in [-0.2, -0.15) is 15.1 Å². The fraction of sp³-hybridized carbons (Fsp3) is 0.600. The number of benzene rings is 1. The van der Waals surface area contributed by atoms with Crippen LogP contribution in [0.2, 0.25) is 5.02 Å². The van der Waals surface area contributed by atoms with Gasteiger partial charge in [0.15, 0.2) is 5.82 Å². The molecule has 13 heteroatoms. The van der Waals surface area contributed by atoms with E-state index in [0.717, 1.165) is 43.2 Å². The zero-order valence-electron chi connectivity index (χ0n) is 26.4. The number of hydrogen-bond donors (Lipinski definition) is 2. The van der Waals surface area contributed by atoms with Crippen LogP contribution in [0.25, 0.3) is 33.1 Å². The predicted octanol–water partition coefficient (Wildman–Crippen LogP) is 5.03. The van der Waals surface area contributed by atoms with Gasteiger partial charge in [-0.05, 0) is 73.4 Å². The number of aromatic nitrogens is 5.